The Balaban J connectivity index is 0.000001000. The van der Waals surface area contributed by atoms with Gasteiger partial charge in [-0.2, -0.15) is 0 Å². The maximum Gasteiger partial charge on any atom is 0.0636 e. The van der Waals surface area contributed by atoms with Crippen molar-refractivity contribution < 1.29 is 0 Å². The summed E-state index contributed by atoms with van der Waals surface area (Å²) in [7, 11) is 0. The lowest BCUT2D eigenvalue weighted by atomic mass is 9.93. The first-order valence-electron chi connectivity index (χ1n) is 4.28. The largest absolute Gasteiger partial charge is 0.313 e. The van der Waals surface area contributed by atoms with Crippen molar-refractivity contribution in [2.45, 2.75) is 50.6 Å². The van der Waals surface area contributed by atoms with Crippen molar-refractivity contribution >= 4 is 12.4 Å². The summed E-state index contributed by atoms with van der Waals surface area (Å²) in [5.41, 5.74) is 11.3. The van der Waals surface area contributed by atoms with Crippen LogP contribution in [0.5, 0.6) is 0 Å². The Morgan fingerprint density at radius 3 is 1.55 bits per heavy atom. The van der Waals surface area contributed by atoms with Crippen LogP contribution >= 0.6 is 12.4 Å². The van der Waals surface area contributed by atoms with Crippen LogP contribution in [0.4, 0.5) is 0 Å². The number of rotatable bonds is 0. The fourth-order valence-corrected chi connectivity index (χ4v) is 1.56. The second kappa shape index (κ2) is 4.96. The first-order chi connectivity index (χ1) is 4.71. The average Bonchev–Trinajstić information content (AvgIpc) is 1.81. The van der Waals surface area contributed by atoms with E-state index in [0.717, 1.165) is 12.8 Å². The summed E-state index contributed by atoms with van der Waals surface area (Å²) in [6.45, 7) is 0. The molecule has 0 aromatic carbocycles. The molecule has 0 unspecified atom stereocenters. The van der Waals surface area contributed by atoms with E-state index in [2.05, 4.69) is 0 Å². The lowest BCUT2D eigenvalue weighted by Crippen LogP contribution is -2.49. The molecule has 0 spiro atoms. The van der Waals surface area contributed by atoms with E-state index >= 15 is 0 Å². The molecule has 4 N–H and O–H groups in total. The zero-order chi connectivity index (χ0) is 7.45. The van der Waals surface area contributed by atoms with Gasteiger partial charge in [0.05, 0.1) is 5.66 Å². The number of nitrogens with two attached hydrogens (primary N) is 2. The quantitative estimate of drug-likeness (QED) is 0.556. The van der Waals surface area contributed by atoms with Gasteiger partial charge in [0.25, 0.3) is 0 Å². The number of hydrogen-bond acceptors (Lipinski definition) is 2. The SMILES string of the molecule is Cl.NC1(N)CCCCCCC1. The normalized spacial score (nSPS) is 24.5. The highest BCUT2D eigenvalue weighted by atomic mass is 35.5. The monoisotopic (exact) mass is 178 g/mol. The molecule has 0 saturated heterocycles. The second-order valence-electron chi connectivity index (χ2n) is 3.50. The fourth-order valence-electron chi connectivity index (χ4n) is 1.56. The lowest BCUT2D eigenvalue weighted by Gasteiger charge is -2.26. The maximum atomic E-state index is 5.82. The van der Waals surface area contributed by atoms with Gasteiger partial charge in [-0.3, -0.25) is 0 Å². The van der Waals surface area contributed by atoms with Gasteiger partial charge in [-0.15, -0.1) is 12.4 Å². The van der Waals surface area contributed by atoms with Gasteiger partial charge < -0.3 is 11.5 Å². The third-order valence-corrected chi connectivity index (χ3v) is 2.28. The molecule has 1 aliphatic rings. The Kier molecular flexibility index (Phi) is 5.06. The molecule has 1 rings (SSSR count). The summed E-state index contributed by atoms with van der Waals surface area (Å²) in [5, 5.41) is 0. The second-order valence-corrected chi connectivity index (χ2v) is 3.50. The van der Waals surface area contributed by atoms with E-state index in [-0.39, 0.29) is 18.1 Å². The van der Waals surface area contributed by atoms with Crippen molar-refractivity contribution in [2.24, 2.45) is 11.5 Å². The van der Waals surface area contributed by atoms with Crippen LogP contribution in [0.15, 0.2) is 0 Å². The fraction of sp³-hybridized carbons (Fsp3) is 1.00. The van der Waals surface area contributed by atoms with Gasteiger partial charge >= 0.3 is 0 Å². The molecule has 0 radical (unpaired) electrons. The van der Waals surface area contributed by atoms with Gasteiger partial charge in [0.2, 0.25) is 0 Å². The van der Waals surface area contributed by atoms with Gasteiger partial charge in [-0.1, -0.05) is 32.1 Å². The molecule has 0 bridgehead atoms. The predicted molar refractivity (Wildman–Crippen MR) is 50.7 cm³/mol. The Labute approximate surface area is 75.1 Å². The van der Waals surface area contributed by atoms with Crippen LogP contribution in [0.1, 0.15) is 44.9 Å². The van der Waals surface area contributed by atoms with Crippen molar-refractivity contribution in [3.63, 3.8) is 0 Å². The van der Waals surface area contributed by atoms with E-state index in [1.165, 1.54) is 32.1 Å². The van der Waals surface area contributed by atoms with Crippen molar-refractivity contribution in [3.8, 4) is 0 Å². The molecule has 2 nitrogen and oxygen atoms in total. The van der Waals surface area contributed by atoms with Crippen LogP contribution < -0.4 is 11.5 Å². The third-order valence-electron chi connectivity index (χ3n) is 2.28. The smallest absolute Gasteiger partial charge is 0.0636 e. The molecular formula is C8H19ClN2. The molecule has 0 atom stereocenters. The van der Waals surface area contributed by atoms with Gasteiger partial charge in [-0.05, 0) is 12.8 Å². The van der Waals surface area contributed by atoms with Gasteiger partial charge in [0.1, 0.15) is 0 Å². The summed E-state index contributed by atoms with van der Waals surface area (Å²) in [4.78, 5) is 0. The van der Waals surface area contributed by atoms with Crippen molar-refractivity contribution in [1.82, 2.24) is 0 Å². The highest BCUT2D eigenvalue weighted by Gasteiger charge is 2.18. The number of halogens is 1. The summed E-state index contributed by atoms with van der Waals surface area (Å²) in [5.74, 6) is 0. The number of hydrogen-bond donors (Lipinski definition) is 2. The summed E-state index contributed by atoms with van der Waals surface area (Å²) in [6, 6.07) is 0. The van der Waals surface area contributed by atoms with Gasteiger partial charge in [-0.25, -0.2) is 0 Å². The molecule has 1 aliphatic carbocycles. The zero-order valence-corrected chi connectivity index (χ0v) is 7.83. The summed E-state index contributed by atoms with van der Waals surface area (Å²) >= 11 is 0. The van der Waals surface area contributed by atoms with E-state index < -0.39 is 0 Å². The standard InChI is InChI=1S/C8H18N2.ClH/c9-8(10)6-4-2-1-3-5-7-8;/h1-7,9-10H2;1H. The molecule has 0 heterocycles. The molecule has 0 amide bonds. The Hall–Kier alpha value is 0.210. The zero-order valence-electron chi connectivity index (χ0n) is 7.01. The van der Waals surface area contributed by atoms with Crippen LogP contribution in [0.25, 0.3) is 0 Å². The van der Waals surface area contributed by atoms with Crippen LogP contribution in [0.2, 0.25) is 0 Å². The van der Waals surface area contributed by atoms with Gasteiger partial charge in [0, 0.05) is 0 Å². The first-order valence-corrected chi connectivity index (χ1v) is 4.28. The third kappa shape index (κ3) is 4.62. The maximum absolute atomic E-state index is 5.82. The molecule has 0 aliphatic heterocycles. The average molecular weight is 179 g/mol. The molecule has 0 aromatic heterocycles. The highest BCUT2D eigenvalue weighted by molar-refractivity contribution is 5.85. The minimum absolute atomic E-state index is 0. The molecule has 1 saturated carbocycles. The molecule has 3 heteroatoms. The molecular weight excluding hydrogens is 160 g/mol. The van der Waals surface area contributed by atoms with Crippen LogP contribution in [-0.4, -0.2) is 5.66 Å². The Morgan fingerprint density at radius 2 is 1.09 bits per heavy atom. The minimum Gasteiger partial charge on any atom is -0.313 e. The van der Waals surface area contributed by atoms with E-state index in [1.54, 1.807) is 0 Å². The van der Waals surface area contributed by atoms with E-state index in [1.807, 2.05) is 0 Å². The Bertz CT molecular complexity index is 94.3. The van der Waals surface area contributed by atoms with Crippen molar-refractivity contribution in [3.05, 3.63) is 0 Å². The van der Waals surface area contributed by atoms with Crippen molar-refractivity contribution in [1.29, 1.82) is 0 Å². The minimum atomic E-state index is -0.347. The molecule has 11 heavy (non-hydrogen) atoms. The first kappa shape index (κ1) is 11.2. The highest BCUT2D eigenvalue weighted by Crippen LogP contribution is 2.19. The summed E-state index contributed by atoms with van der Waals surface area (Å²) < 4.78 is 0. The van der Waals surface area contributed by atoms with E-state index in [9.17, 15) is 0 Å². The van der Waals surface area contributed by atoms with Gasteiger partial charge in [0.15, 0.2) is 0 Å². The molecule has 0 aromatic rings. The topological polar surface area (TPSA) is 52.0 Å². The molecule has 1 fully saturated rings. The van der Waals surface area contributed by atoms with Crippen LogP contribution in [0, 0.1) is 0 Å². The summed E-state index contributed by atoms with van der Waals surface area (Å²) in [6.07, 6.45) is 8.45. The van der Waals surface area contributed by atoms with E-state index in [4.69, 9.17) is 11.5 Å². The lowest BCUT2D eigenvalue weighted by molar-refractivity contribution is 0.326. The Morgan fingerprint density at radius 1 is 0.727 bits per heavy atom. The van der Waals surface area contributed by atoms with E-state index in [0.29, 0.717) is 0 Å². The van der Waals surface area contributed by atoms with Crippen LogP contribution in [0.3, 0.4) is 0 Å². The van der Waals surface area contributed by atoms with Crippen molar-refractivity contribution in [2.75, 3.05) is 0 Å². The van der Waals surface area contributed by atoms with Crippen LogP contribution in [-0.2, 0) is 0 Å². The molecule has 68 valence electrons. The predicted octanol–water partition coefficient (Wildman–Crippen LogP) is 1.77.